The van der Waals surface area contributed by atoms with Gasteiger partial charge in [-0.3, -0.25) is 4.79 Å². The van der Waals surface area contributed by atoms with E-state index < -0.39 is 28.4 Å². The highest BCUT2D eigenvalue weighted by atomic mass is 32.2. The van der Waals surface area contributed by atoms with E-state index in [1.165, 1.54) is 28.6 Å². The number of sulfonamides is 1. The van der Waals surface area contributed by atoms with Crippen LogP contribution in [-0.2, 0) is 14.8 Å². The number of aromatic nitrogens is 2. The molecule has 9 heteroatoms. The number of carbonyl (C=O) groups excluding carboxylic acids is 2. The minimum absolute atomic E-state index is 0.147. The summed E-state index contributed by atoms with van der Waals surface area (Å²) in [6.07, 6.45) is 4.30. The Bertz CT molecular complexity index is 1530. The summed E-state index contributed by atoms with van der Waals surface area (Å²) in [5.74, 6) is -1.11. The van der Waals surface area contributed by atoms with E-state index in [1.807, 2.05) is 60.7 Å². The van der Waals surface area contributed by atoms with Crippen molar-refractivity contribution in [2.75, 3.05) is 19.7 Å². The normalized spacial score (nSPS) is 14.2. The number of carbonyl (C=O) groups is 2. The van der Waals surface area contributed by atoms with Crippen molar-refractivity contribution in [2.45, 2.75) is 24.2 Å². The van der Waals surface area contributed by atoms with Crippen LogP contribution in [0.4, 0.5) is 0 Å². The fourth-order valence-electron chi connectivity index (χ4n) is 4.40. The predicted octanol–water partition coefficient (Wildman–Crippen LogP) is 4.75. The van der Waals surface area contributed by atoms with Gasteiger partial charge in [-0.05, 0) is 49.2 Å². The van der Waals surface area contributed by atoms with Gasteiger partial charge < -0.3 is 4.74 Å². The highest BCUT2D eigenvalue weighted by Gasteiger charge is 2.26. The molecule has 1 aliphatic rings. The summed E-state index contributed by atoms with van der Waals surface area (Å²) in [4.78, 5) is 26.0. The molecule has 1 aromatic heterocycles. The van der Waals surface area contributed by atoms with Crippen LogP contribution in [0, 0.1) is 0 Å². The summed E-state index contributed by atoms with van der Waals surface area (Å²) >= 11 is 0. The van der Waals surface area contributed by atoms with Gasteiger partial charge in [0, 0.05) is 30.4 Å². The van der Waals surface area contributed by atoms with Crippen molar-refractivity contribution < 1.29 is 22.7 Å². The molecule has 0 aliphatic carbocycles. The van der Waals surface area contributed by atoms with E-state index in [4.69, 9.17) is 4.74 Å². The van der Waals surface area contributed by atoms with Crippen molar-refractivity contribution in [1.29, 1.82) is 0 Å². The summed E-state index contributed by atoms with van der Waals surface area (Å²) in [6, 6.07) is 24.4. The summed E-state index contributed by atoms with van der Waals surface area (Å²) in [5, 5.41) is 4.60. The molecule has 2 heterocycles. The first kappa shape index (κ1) is 25.6. The van der Waals surface area contributed by atoms with Gasteiger partial charge in [0.25, 0.3) is 0 Å². The van der Waals surface area contributed by atoms with Gasteiger partial charge in [0.05, 0.1) is 10.6 Å². The molecule has 1 fully saturated rings. The van der Waals surface area contributed by atoms with Crippen LogP contribution in [0.5, 0.6) is 0 Å². The molecule has 0 radical (unpaired) electrons. The average molecular weight is 530 g/mol. The van der Waals surface area contributed by atoms with Crippen LogP contribution >= 0.6 is 0 Å². The zero-order valence-electron chi connectivity index (χ0n) is 20.7. The summed E-state index contributed by atoms with van der Waals surface area (Å²) in [7, 11) is -3.59. The lowest BCUT2D eigenvalue weighted by molar-refractivity contribution is 0.0475. The first-order valence-electron chi connectivity index (χ1n) is 12.4. The summed E-state index contributed by atoms with van der Waals surface area (Å²) in [6.45, 7) is 0.525. The van der Waals surface area contributed by atoms with E-state index in [0.717, 1.165) is 30.5 Å². The number of piperidine rings is 1. The van der Waals surface area contributed by atoms with Gasteiger partial charge in [-0.1, -0.05) is 55.0 Å². The molecule has 4 aromatic rings. The molecule has 194 valence electrons. The van der Waals surface area contributed by atoms with E-state index in [9.17, 15) is 18.0 Å². The standard InChI is InChI=1S/C29H27N3O5S/c33-27(22-14-16-25(17-15-22)38(35,36)31-18-8-3-9-19-31)21-37-29(34)26-20-32(24-12-6-2-7-13-24)30-28(26)23-10-4-1-5-11-23/h1-2,4-7,10-17,20H,3,8-9,18-19,21H2. The third-order valence-electron chi connectivity index (χ3n) is 6.47. The highest BCUT2D eigenvalue weighted by molar-refractivity contribution is 7.89. The van der Waals surface area contributed by atoms with Crippen LogP contribution in [0.2, 0.25) is 0 Å². The molecule has 5 rings (SSSR count). The average Bonchev–Trinajstić information content (AvgIpc) is 3.43. The van der Waals surface area contributed by atoms with Gasteiger partial charge in [-0.25, -0.2) is 17.9 Å². The summed E-state index contributed by atoms with van der Waals surface area (Å²) in [5.41, 5.74) is 2.46. The third-order valence-corrected chi connectivity index (χ3v) is 8.38. The molecule has 0 spiro atoms. The van der Waals surface area contributed by atoms with Gasteiger partial charge in [-0.15, -0.1) is 0 Å². The second kappa shape index (κ2) is 11.1. The predicted molar refractivity (Wildman–Crippen MR) is 143 cm³/mol. The molecule has 1 aliphatic heterocycles. The number of ketones is 1. The molecule has 0 saturated carbocycles. The number of esters is 1. The number of Topliss-reactive ketones (excluding diaryl/α,β-unsaturated/α-hetero) is 1. The molecule has 1 saturated heterocycles. The number of hydrogen-bond donors (Lipinski definition) is 0. The molecule has 38 heavy (non-hydrogen) atoms. The number of ether oxygens (including phenoxy) is 1. The van der Waals surface area contributed by atoms with Crippen molar-refractivity contribution in [3.63, 3.8) is 0 Å². The van der Waals surface area contributed by atoms with Crippen molar-refractivity contribution in [3.8, 4) is 16.9 Å². The van der Waals surface area contributed by atoms with Crippen LogP contribution in [0.15, 0.2) is 96.0 Å². The van der Waals surface area contributed by atoms with Crippen molar-refractivity contribution >= 4 is 21.8 Å². The van der Waals surface area contributed by atoms with Crippen LogP contribution in [-0.4, -0.2) is 54.0 Å². The Labute approximate surface area is 221 Å². The van der Waals surface area contributed by atoms with E-state index in [2.05, 4.69) is 5.10 Å². The fourth-order valence-corrected chi connectivity index (χ4v) is 5.92. The Kier molecular flexibility index (Phi) is 7.48. The Morgan fingerprint density at radius 1 is 0.816 bits per heavy atom. The van der Waals surface area contributed by atoms with Gasteiger partial charge >= 0.3 is 5.97 Å². The quantitative estimate of drug-likeness (QED) is 0.241. The Balaban J connectivity index is 1.31. The largest absolute Gasteiger partial charge is 0.454 e. The minimum Gasteiger partial charge on any atom is -0.454 e. The Morgan fingerprint density at radius 2 is 1.45 bits per heavy atom. The zero-order chi connectivity index (χ0) is 26.5. The first-order chi connectivity index (χ1) is 18.4. The zero-order valence-corrected chi connectivity index (χ0v) is 21.5. The molecular weight excluding hydrogens is 502 g/mol. The van der Waals surface area contributed by atoms with Gasteiger partial charge in [0.1, 0.15) is 11.3 Å². The van der Waals surface area contributed by atoms with Crippen LogP contribution < -0.4 is 0 Å². The topological polar surface area (TPSA) is 98.6 Å². The number of rotatable bonds is 8. The van der Waals surface area contributed by atoms with Crippen molar-refractivity contribution in [2.24, 2.45) is 0 Å². The van der Waals surface area contributed by atoms with Crippen molar-refractivity contribution in [1.82, 2.24) is 14.1 Å². The van der Waals surface area contributed by atoms with Crippen molar-refractivity contribution in [3.05, 3.63) is 102 Å². The van der Waals surface area contributed by atoms with E-state index in [1.54, 1.807) is 10.9 Å². The fraction of sp³-hybridized carbons (Fsp3) is 0.207. The minimum atomic E-state index is -3.59. The molecule has 0 N–H and O–H groups in total. The molecule has 3 aromatic carbocycles. The molecular formula is C29H27N3O5S. The Morgan fingerprint density at radius 3 is 2.11 bits per heavy atom. The summed E-state index contributed by atoms with van der Waals surface area (Å²) < 4.78 is 34.2. The van der Waals surface area contributed by atoms with E-state index in [0.29, 0.717) is 18.8 Å². The van der Waals surface area contributed by atoms with E-state index in [-0.39, 0.29) is 16.0 Å². The third kappa shape index (κ3) is 5.44. The maximum absolute atomic E-state index is 13.1. The second-order valence-corrected chi connectivity index (χ2v) is 11.0. The van der Waals surface area contributed by atoms with Crippen LogP contribution in [0.3, 0.4) is 0 Å². The lowest BCUT2D eigenvalue weighted by atomic mass is 10.1. The molecule has 0 bridgehead atoms. The number of hydrogen-bond acceptors (Lipinski definition) is 6. The Hall–Kier alpha value is -4.08. The smallest absolute Gasteiger partial charge is 0.342 e. The lowest BCUT2D eigenvalue weighted by Crippen LogP contribution is -2.35. The van der Waals surface area contributed by atoms with Gasteiger partial charge in [0.15, 0.2) is 12.4 Å². The van der Waals surface area contributed by atoms with Crippen LogP contribution in [0.25, 0.3) is 16.9 Å². The maximum atomic E-state index is 13.1. The lowest BCUT2D eigenvalue weighted by Gasteiger charge is -2.25. The SMILES string of the molecule is O=C(COC(=O)c1cn(-c2ccccc2)nc1-c1ccccc1)c1ccc(S(=O)(=O)N2CCCCC2)cc1. The van der Waals surface area contributed by atoms with Gasteiger partial charge in [0.2, 0.25) is 10.0 Å². The number of nitrogens with zero attached hydrogens (tertiary/aromatic N) is 3. The van der Waals surface area contributed by atoms with Gasteiger partial charge in [-0.2, -0.15) is 9.40 Å². The van der Waals surface area contributed by atoms with Crippen LogP contribution in [0.1, 0.15) is 40.0 Å². The molecule has 0 amide bonds. The second-order valence-electron chi connectivity index (χ2n) is 9.03. The number of para-hydroxylation sites is 1. The molecule has 8 nitrogen and oxygen atoms in total. The first-order valence-corrected chi connectivity index (χ1v) is 13.9. The highest BCUT2D eigenvalue weighted by Crippen LogP contribution is 2.25. The monoisotopic (exact) mass is 529 g/mol. The molecule has 0 atom stereocenters. The molecule has 0 unspecified atom stereocenters. The van der Waals surface area contributed by atoms with E-state index >= 15 is 0 Å². The number of benzene rings is 3. The maximum Gasteiger partial charge on any atom is 0.342 e.